The lowest BCUT2D eigenvalue weighted by Gasteiger charge is -2.26. The van der Waals surface area contributed by atoms with Crippen molar-refractivity contribution < 1.29 is 14.4 Å². The van der Waals surface area contributed by atoms with Crippen LogP contribution in [0.25, 0.3) is 0 Å². The second-order valence-electron chi connectivity index (χ2n) is 5.82. The minimum absolute atomic E-state index is 0.0774. The van der Waals surface area contributed by atoms with Gasteiger partial charge in [-0.1, -0.05) is 54.1 Å². The van der Waals surface area contributed by atoms with Gasteiger partial charge in [0.2, 0.25) is 11.8 Å². The third-order valence-corrected chi connectivity index (χ3v) is 4.14. The predicted molar refractivity (Wildman–Crippen MR) is 104 cm³/mol. The standard InChI is InChI=1S/C19H21ClN4O3/c1-21-19(27)23-18(26)17(13-8-4-3-5-9-13)24(2)12-16(25)22-15-11-7-6-10-14(15)20/h3-11,17H,12H2,1-2H3,(H,22,25)(H2,21,23,26,27). The van der Waals surface area contributed by atoms with Gasteiger partial charge in [-0.25, -0.2) is 4.79 Å². The van der Waals surface area contributed by atoms with E-state index in [1.54, 1.807) is 60.5 Å². The molecule has 8 heteroatoms. The first kappa shape index (κ1) is 20.4. The summed E-state index contributed by atoms with van der Waals surface area (Å²) in [6.07, 6.45) is 0. The van der Waals surface area contributed by atoms with E-state index in [2.05, 4.69) is 16.0 Å². The molecule has 0 aliphatic heterocycles. The normalized spacial score (nSPS) is 11.6. The first-order valence-corrected chi connectivity index (χ1v) is 8.62. The van der Waals surface area contributed by atoms with Crippen LogP contribution in [-0.2, 0) is 9.59 Å². The molecule has 1 unspecified atom stereocenters. The Morgan fingerprint density at radius 2 is 1.67 bits per heavy atom. The SMILES string of the molecule is CNC(=O)NC(=O)C(c1ccccc1)N(C)CC(=O)Nc1ccccc1Cl. The Bertz CT molecular complexity index is 814. The van der Waals surface area contributed by atoms with E-state index >= 15 is 0 Å². The largest absolute Gasteiger partial charge is 0.341 e. The van der Waals surface area contributed by atoms with Crippen molar-refractivity contribution in [1.29, 1.82) is 0 Å². The van der Waals surface area contributed by atoms with E-state index in [0.29, 0.717) is 16.3 Å². The summed E-state index contributed by atoms with van der Waals surface area (Å²) in [6, 6.07) is 14.4. The summed E-state index contributed by atoms with van der Waals surface area (Å²) in [7, 11) is 3.05. The van der Waals surface area contributed by atoms with Gasteiger partial charge in [-0.05, 0) is 24.7 Å². The Hall–Kier alpha value is -2.90. The number of carbonyl (C=O) groups is 3. The van der Waals surface area contributed by atoms with Crippen molar-refractivity contribution in [1.82, 2.24) is 15.5 Å². The van der Waals surface area contributed by atoms with Crippen molar-refractivity contribution >= 4 is 35.1 Å². The van der Waals surface area contributed by atoms with E-state index in [4.69, 9.17) is 11.6 Å². The number of amides is 4. The van der Waals surface area contributed by atoms with Gasteiger partial charge in [0.25, 0.3) is 0 Å². The van der Waals surface area contributed by atoms with Crippen LogP contribution in [0.2, 0.25) is 5.02 Å². The van der Waals surface area contributed by atoms with E-state index in [1.807, 2.05) is 6.07 Å². The minimum atomic E-state index is -0.819. The van der Waals surface area contributed by atoms with Gasteiger partial charge in [0.1, 0.15) is 6.04 Å². The number of nitrogens with one attached hydrogen (secondary N) is 3. The summed E-state index contributed by atoms with van der Waals surface area (Å²) in [5.74, 6) is -0.868. The van der Waals surface area contributed by atoms with Crippen LogP contribution in [0, 0.1) is 0 Å². The highest BCUT2D eigenvalue weighted by molar-refractivity contribution is 6.33. The molecular weight excluding hydrogens is 368 g/mol. The molecule has 7 nitrogen and oxygen atoms in total. The number of hydrogen-bond donors (Lipinski definition) is 3. The summed E-state index contributed by atoms with van der Waals surface area (Å²) in [4.78, 5) is 38.1. The van der Waals surface area contributed by atoms with Gasteiger partial charge in [-0.3, -0.25) is 19.8 Å². The molecule has 4 amide bonds. The zero-order valence-corrected chi connectivity index (χ0v) is 15.8. The molecule has 2 aromatic carbocycles. The lowest BCUT2D eigenvalue weighted by atomic mass is 10.0. The molecule has 2 aromatic rings. The number of nitrogens with zero attached hydrogens (tertiary/aromatic N) is 1. The Balaban J connectivity index is 2.14. The van der Waals surface area contributed by atoms with Gasteiger partial charge >= 0.3 is 6.03 Å². The fourth-order valence-corrected chi connectivity index (χ4v) is 2.74. The maximum absolute atomic E-state index is 12.6. The van der Waals surface area contributed by atoms with Crippen LogP contribution in [0.5, 0.6) is 0 Å². The van der Waals surface area contributed by atoms with Gasteiger partial charge in [-0.15, -0.1) is 0 Å². The van der Waals surface area contributed by atoms with Crippen LogP contribution in [0.1, 0.15) is 11.6 Å². The number of rotatable bonds is 6. The number of hydrogen-bond acceptors (Lipinski definition) is 4. The Kier molecular flexibility index (Phi) is 7.34. The minimum Gasteiger partial charge on any atom is -0.341 e. The molecule has 27 heavy (non-hydrogen) atoms. The molecule has 0 saturated heterocycles. The number of imide groups is 1. The molecule has 0 spiro atoms. The fraction of sp³-hybridized carbons (Fsp3) is 0.211. The molecule has 0 aliphatic rings. The molecule has 142 valence electrons. The van der Waals surface area contributed by atoms with E-state index in [-0.39, 0.29) is 12.5 Å². The van der Waals surface area contributed by atoms with Crippen molar-refractivity contribution in [3.8, 4) is 0 Å². The molecule has 1 atom stereocenters. The van der Waals surface area contributed by atoms with E-state index in [0.717, 1.165) is 0 Å². The second kappa shape index (κ2) is 9.70. The number of halogens is 1. The molecular formula is C19H21ClN4O3. The summed E-state index contributed by atoms with van der Waals surface area (Å²) in [5.41, 5.74) is 1.15. The number of likely N-dealkylation sites (N-methyl/N-ethyl adjacent to an activating group) is 1. The van der Waals surface area contributed by atoms with Crippen molar-refractivity contribution in [2.45, 2.75) is 6.04 Å². The average Bonchev–Trinajstić information content (AvgIpc) is 2.64. The van der Waals surface area contributed by atoms with E-state index in [1.165, 1.54) is 7.05 Å². The molecule has 0 aromatic heterocycles. The van der Waals surface area contributed by atoms with Crippen LogP contribution >= 0.6 is 11.6 Å². The number of para-hydroxylation sites is 1. The first-order valence-electron chi connectivity index (χ1n) is 8.24. The summed E-state index contributed by atoms with van der Waals surface area (Å²) in [6.45, 7) is -0.0774. The third kappa shape index (κ3) is 5.80. The van der Waals surface area contributed by atoms with Crippen LogP contribution in [0.4, 0.5) is 10.5 Å². The lowest BCUT2D eigenvalue weighted by molar-refractivity contribution is -0.126. The van der Waals surface area contributed by atoms with Gasteiger partial charge in [-0.2, -0.15) is 0 Å². The highest BCUT2D eigenvalue weighted by Crippen LogP contribution is 2.22. The zero-order valence-electron chi connectivity index (χ0n) is 15.0. The number of anilines is 1. The summed E-state index contributed by atoms with van der Waals surface area (Å²) >= 11 is 6.05. The number of urea groups is 1. The average molecular weight is 389 g/mol. The van der Waals surface area contributed by atoms with Crippen LogP contribution in [0.3, 0.4) is 0 Å². The zero-order chi connectivity index (χ0) is 19.8. The Morgan fingerprint density at radius 3 is 2.30 bits per heavy atom. The maximum atomic E-state index is 12.6. The van der Waals surface area contributed by atoms with Crippen molar-refractivity contribution in [2.75, 3.05) is 26.0 Å². The molecule has 0 bridgehead atoms. The predicted octanol–water partition coefficient (Wildman–Crippen LogP) is 2.41. The maximum Gasteiger partial charge on any atom is 0.321 e. The second-order valence-corrected chi connectivity index (χ2v) is 6.23. The summed E-state index contributed by atoms with van der Waals surface area (Å²) < 4.78 is 0. The van der Waals surface area contributed by atoms with Crippen LogP contribution in [0.15, 0.2) is 54.6 Å². The van der Waals surface area contributed by atoms with Crippen molar-refractivity contribution in [3.05, 3.63) is 65.2 Å². The molecule has 2 rings (SSSR count). The van der Waals surface area contributed by atoms with Crippen molar-refractivity contribution in [3.63, 3.8) is 0 Å². The van der Waals surface area contributed by atoms with Gasteiger partial charge in [0, 0.05) is 7.05 Å². The Morgan fingerprint density at radius 1 is 1.04 bits per heavy atom. The molecule has 0 aliphatic carbocycles. The highest BCUT2D eigenvalue weighted by Gasteiger charge is 2.27. The molecule has 0 radical (unpaired) electrons. The molecule has 3 N–H and O–H groups in total. The smallest absolute Gasteiger partial charge is 0.321 e. The van der Waals surface area contributed by atoms with Gasteiger partial charge < -0.3 is 10.6 Å². The molecule has 0 saturated carbocycles. The number of carbonyl (C=O) groups excluding carboxylic acids is 3. The quantitative estimate of drug-likeness (QED) is 0.708. The molecule has 0 fully saturated rings. The third-order valence-electron chi connectivity index (χ3n) is 3.81. The van der Waals surface area contributed by atoms with Crippen LogP contribution in [-0.4, -0.2) is 43.4 Å². The lowest BCUT2D eigenvalue weighted by Crippen LogP contribution is -2.46. The van der Waals surface area contributed by atoms with E-state index < -0.39 is 18.0 Å². The van der Waals surface area contributed by atoms with Gasteiger partial charge in [0.15, 0.2) is 0 Å². The van der Waals surface area contributed by atoms with Gasteiger partial charge in [0.05, 0.1) is 17.3 Å². The summed E-state index contributed by atoms with van der Waals surface area (Å²) in [5, 5.41) is 7.73. The topological polar surface area (TPSA) is 90.5 Å². The van der Waals surface area contributed by atoms with E-state index in [9.17, 15) is 14.4 Å². The highest BCUT2D eigenvalue weighted by atomic mass is 35.5. The van der Waals surface area contributed by atoms with Crippen molar-refractivity contribution in [2.24, 2.45) is 0 Å². The first-order chi connectivity index (χ1) is 12.9. The Labute approximate surface area is 162 Å². The number of benzene rings is 2. The fourth-order valence-electron chi connectivity index (χ4n) is 2.55. The molecule has 0 heterocycles. The monoisotopic (exact) mass is 388 g/mol. The van der Waals surface area contributed by atoms with Crippen LogP contribution < -0.4 is 16.0 Å².